The van der Waals surface area contributed by atoms with E-state index in [1.807, 2.05) is 17.2 Å². The van der Waals surface area contributed by atoms with E-state index in [9.17, 15) is 14.0 Å². The van der Waals surface area contributed by atoms with Crippen LogP contribution < -0.4 is 5.32 Å². The monoisotopic (exact) mass is 402 g/mol. The number of aromatic nitrogens is 1. The second-order valence-corrected chi connectivity index (χ2v) is 7.55. The van der Waals surface area contributed by atoms with Crippen molar-refractivity contribution in [1.82, 2.24) is 14.8 Å². The Labute approximate surface area is 168 Å². The fourth-order valence-corrected chi connectivity index (χ4v) is 3.67. The first-order valence-corrected chi connectivity index (χ1v) is 10.3. The van der Waals surface area contributed by atoms with E-state index in [0.717, 1.165) is 19.6 Å². The maximum Gasteiger partial charge on any atom is 0.234 e. The third-order valence-corrected chi connectivity index (χ3v) is 5.36. The summed E-state index contributed by atoms with van der Waals surface area (Å²) in [7, 11) is 0. The Balaban J connectivity index is 1.33. The van der Waals surface area contributed by atoms with E-state index in [0.29, 0.717) is 18.8 Å². The number of halogens is 1. The molecule has 2 aromatic rings. The van der Waals surface area contributed by atoms with Gasteiger partial charge in [0, 0.05) is 50.8 Å². The zero-order chi connectivity index (χ0) is 19.8. The summed E-state index contributed by atoms with van der Waals surface area (Å²) in [5, 5.41) is 2.69. The zero-order valence-corrected chi connectivity index (χ0v) is 16.3. The molecule has 1 N–H and O–H groups in total. The van der Waals surface area contributed by atoms with Crippen LogP contribution in [0.25, 0.3) is 0 Å². The molecule has 1 aliphatic heterocycles. The molecule has 2 amide bonds. The highest BCUT2D eigenvalue weighted by molar-refractivity contribution is 8.00. The number of nitrogens with zero attached hydrogens (tertiary/aromatic N) is 3. The van der Waals surface area contributed by atoms with Crippen LogP contribution >= 0.6 is 11.8 Å². The highest BCUT2D eigenvalue weighted by Gasteiger charge is 2.21. The van der Waals surface area contributed by atoms with Crippen molar-refractivity contribution in [3.63, 3.8) is 0 Å². The minimum Gasteiger partial charge on any atom is -0.339 e. The molecule has 0 unspecified atom stereocenters. The van der Waals surface area contributed by atoms with Crippen molar-refractivity contribution in [2.45, 2.75) is 6.54 Å². The SMILES string of the molecule is O=C(CSCC(=O)N1CCN(Cc2cccnc2)CC1)Nc1ccc(F)cc1. The number of carbonyl (C=O) groups is 2. The second-order valence-electron chi connectivity index (χ2n) is 6.57. The molecule has 1 fully saturated rings. The lowest BCUT2D eigenvalue weighted by molar-refractivity contribution is -0.130. The Morgan fingerprint density at radius 1 is 1.07 bits per heavy atom. The summed E-state index contributed by atoms with van der Waals surface area (Å²) in [6.45, 7) is 3.89. The maximum absolute atomic E-state index is 12.9. The number of anilines is 1. The minimum atomic E-state index is -0.349. The number of nitrogens with one attached hydrogen (secondary N) is 1. The van der Waals surface area contributed by atoms with Gasteiger partial charge in [0.1, 0.15) is 5.82 Å². The average Bonchev–Trinajstić information content (AvgIpc) is 2.71. The van der Waals surface area contributed by atoms with E-state index in [1.54, 1.807) is 6.20 Å². The quantitative estimate of drug-likeness (QED) is 0.770. The van der Waals surface area contributed by atoms with E-state index in [1.165, 1.54) is 41.6 Å². The summed E-state index contributed by atoms with van der Waals surface area (Å²) >= 11 is 1.29. The topological polar surface area (TPSA) is 65.5 Å². The van der Waals surface area contributed by atoms with Gasteiger partial charge in [-0.05, 0) is 35.9 Å². The first-order chi connectivity index (χ1) is 13.6. The Morgan fingerprint density at radius 3 is 2.50 bits per heavy atom. The summed E-state index contributed by atoms with van der Waals surface area (Å²) in [6, 6.07) is 9.58. The molecule has 6 nitrogen and oxygen atoms in total. The Hall–Kier alpha value is -2.45. The molecule has 2 heterocycles. The summed E-state index contributed by atoms with van der Waals surface area (Å²) in [6.07, 6.45) is 3.63. The molecule has 0 saturated carbocycles. The molecule has 0 atom stereocenters. The van der Waals surface area contributed by atoms with Crippen molar-refractivity contribution >= 4 is 29.3 Å². The van der Waals surface area contributed by atoms with Gasteiger partial charge in [0.15, 0.2) is 0 Å². The van der Waals surface area contributed by atoms with Gasteiger partial charge in [-0.3, -0.25) is 19.5 Å². The molecule has 0 radical (unpaired) electrons. The lowest BCUT2D eigenvalue weighted by Crippen LogP contribution is -2.48. The number of rotatable bonds is 7. The van der Waals surface area contributed by atoms with Crippen LogP contribution in [-0.4, -0.2) is 64.3 Å². The molecule has 1 aromatic carbocycles. The van der Waals surface area contributed by atoms with Gasteiger partial charge in [0.25, 0.3) is 0 Å². The number of amides is 2. The van der Waals surface area contributed by atoms with E-state index in [-0.39, 0.29) is 29.1 Å². The lowest BCUT2D eigenvalue weighted by Gasteiger charge is -2.34. The molecule has 1 aliphatic rings. The van der Waals surface area contributed by atoms with Crippen LogP contribution in [0.2, 0.25) is 0 Å². The maximum atomic E-state index is 12.9. The molecule has 3 rings (SSSR count). The van der Waals surface area contributed by atoms with E-state index in [4.69, 9.17) is 0 Å². The predicted molar refractivity (Wildman–Crippen MR) is 108 cm³/mol. The van der Waals surface area contributed by atoms with Crippen LogP contribution in [0.4, 0.5) is 10.1 Å². The smallest absolute Gasteiger partial charge is 0.234 e. The van der Waals surface area contributed by atoms with Crippen LogP contribution in [0.1, 0.15) is 5.56 Å². The van der Waals surface area contributed by atoms with Crippen molar-refractivity contribution in [3.05, 3.63) is 60.2 Å². The fourth-order valence-electron chi connectivity index (χ4n) is 2.96. The standard InChI is InChI=1S/C20H23FN4O2S/c21-17-3-5-18(6-4-17)23-19(26)14-28-15-20(27)25-10-8-24(9-11-25)13-16-2-1-7-22-12-16/h1-7,12H,8-11,13-15H2,(H,23,26). The first-order valence-electron chi connectivity index (χ1n) is 9.12. The molecule has 28 heavy (non-hydrogen) atoms. The third kappa shape index (κ3) is 6.31. The number of carbonyl (C=O) groups excluding carboxylic acids is 2. The van der Waals surface area contributed by atoms with Crippen molar-refractivity contribution < 1.29 is 14.0 Å². The number of hydrogen-bond acceptors (Lipinski definition) is 5. The summed E-state index contributed by atoms with van der Waals surface area (Å²) in [4.78, 5) is 32.5. The zero-order valence-electron chi connectivity index (χ0n) is 15.5. The van der Waals surface area contributed by atoms with Crippen LogP contribution in [0.5, 0.6) is 0 Å². The lowest BCUT2D eigenvalue weighted by atomic mass is 10.2. The Morgan fingerprint density at radius 2 is 1.82 bits per heavy atom. The Bertz CT molecular complexity index is 781. The number of thioether (sulfide) groups is 1. The van der Waals surface area contributed by atoms with Gasteiger partial charge in [-0.15, -0.1) is 11.8 Å². The fraction of sp³-hybridized carbons (Fsp3) is 0.350. The molecule has 1 saturated heterocycles. The number of pyridine rings is 1. The predicted octanol–water partition coefficient (Wildman–Crippen LogP) is 2.24. The molecular weight excluding hydrogens is 379 g/mol. The van der Waals surface area contributed by atoms with Gasteiger partial charge < -0.3 is 10.2 Å². The first kappa shape index (κ1) is 20.3. The minimum absolute atomic E-state index is 0.0561. The van der Waals surface area contributed by atoms with Crippen LogP contribution in [0.15, 0.2) is 48.8 Å². The van der Waals surface area contributed by atoms with E-state index >= 15 is 0 Å². The summed E-state index contributed by atoms with van der Waals surface area (Å²) < 4.78 is 12.9. The third-order valence-electron chi connectivity index (χ3n) is 4.44. The van der Waals surface area contributed by atoms with Gasteiger partial charge in [0.05, 0.1) is 11.5 Å². The van der Waals surface area contributed by atoms with Crippen molar-refractivity contribution in [1.29, 1.82) is 0 Å². The normalized spacial score (nSPS) is 14.7. The molecular formula is C20H23FN4O2S. The van der Waals surface area contributed by atoms with Gasteiger partial charge in [-0.25, -0.2) is 4.39 Å². The van der Waals surface area contributed by atoms with Crippen molar-refractivity contribution in [2.24, 2.45) is 0 Å². The van der Waals surface area contributed by atoms with Gasteiger partial charge in [-0.1, -0.05) is 6.07 Å². The average molecular weight is 402 g/mol. The summed E-state index contributed by atoms with van der Waals surface area (Å²) in [5.74, 6) is -0.0337. The molecule has 0 spiro atoms. The number of hydrogen-bond donors (Lipinski definition) is 1. The van der Waals surface area contributed by atoms with E-state index < -0.39 is 0 Å². The highest BCUT2D eigenvalue weighted by Crippen LogP contribution is 2.12. The van der Waals surface area contributed by atoms with Gasteiger partial charge in [0.2, 0.25) is 11.8 Å². The van der Waals surface area contributed by atoms with Crippen LogP contribution in [0.3, 0.4) is 0 Å². The van der Waals surface area contributed by atoms with E-state index in [2.05, 4.69) is 21.3 Å². The van der Waals surface area contributed by atoms with Gasteiger partial charge >= 0.3 is 0 Å². The summed E-state index contributed by atoms with van der Waals surface area (Å²) in [5.41, 5.74) is 1.72. The van der Waals surface area contributed by atoms with Crippen molar-refractivity contribution in [3.8, 4) is 0 Å². The molecule has 1 aromatic heterocycles. The number of benzene rings is 1. The largest absolute Gasteiger partial charge is 0.339 e. The second kappa shape index (κ2) is 10.2. The molecule has 148 valence electrons. The molecule has 0 bridgehead atoms. The van der Waals surface area contributed by atoms with Crippen molar-refractivity contribution in [2.75, 3.05) is 43.0 Å². The van der Waals surface area contributed by atoms with Crippen LogP contribution in [0, 0.1) is 5.82 Å². The Kier molecular flexibility index (Phi) is 7.39. The molecule has 8 heteroatoms. The highest BCUT2D eigenvalue weighted by atomic mass is 32.2. The number of piperazine rings is 1. The van der Waals surface area contributed by atoms with Gasteiger partial charge in [-0.2, -0.15) is 0 Å². The molecule has 0 aliphatic carbocycles. The van der Waals surface area contributed by atoms with Crippen LogP contribution in [-0.2, 0) is 16.1 Å².